The zero-order valence-corrected chi connectivity index (χ0v) is 13.0. The van der Waals surface area contributed by atoms with Gasteiger partial charge in [0.2, 0.25) is 0 Å². The Morgan fingerprint density at radius 1 is 1.14 bits per heavy atom. The molecule has 110 valence electrons. The SMILES string of the molecule is CN(Cc1ccccc1)C(=O)c1csc(-c2ccncc2)n1. The van der Waals surface area contributed by atoms with Crippen molar-refractivity contribution in [3.8, 4) is 10.6 Å². The standard InChI is InChI=1S/C17H15N3OS/c1-20(11-13-5-3-2-4-6-13)17(21)15-12-22-16(19-15)14-7-9-18-10-8-14/h2-10,12H,11H2,1H3. The summed E-state index contributed by atoms with van der Waals surface area (Å²) < 4.78 is 0. The van der Waals surface area contributed by atoms with Gasteiger partial charge in [-0.2, -0.15) is 0 Å². The molecule has 4 nitrogen and oxygen atoms in total. The Morgan fingerprint density at radius 3 is 2.59 bits per heavy atom. The molecule has 2 heterocycles. The van der Waals surface area contributed by atoms with Gasteiger partial charge < -0.3 is 4.90 Å². The molecular formula is C17H15N3OS. The van der Waals surface area contributed by atoms with Gasteiger partial charge in [0.05, 0.1) is 0 Å². The van der Waals surface area contributed by atoms with Crippen molar-refractivity contribution in [1.82, 2.24) is 14.9 Å². The monoisotopic (exact) mass is 309 g/mol. The summed E-state index contributed by atoms with van der Waals surface area (Å²) in [4.78, 5) is 22.6. The lowest BCUT2D eigenvalue weighted by Crippen LogP contribution is -2.26. The van der Waals surface area contributed by atoms with Gasteiger partial charge in [0.25, 0.3) is 5.91 Å². The van der Waals surface area contributed by atoms with E-state index in [0.717, 1.165) is 16.1 Å². The molecule has 5 heteroatoms. The molecule has 0 unspecified atom stereocenters. The summed E-state index contributed by atoms with van der Waals surface area (Å²) in [7, 11) is 1.79. The van der Waals surface area contributed by atoms with Crippen molar-refractivity contribution in [3.05, 3.63) is 71.5 Å². The second-order valence-corrected chi connectivity index (χ2v) is 5.78. The molecule has 0 aliphatic carbocycles. The molecule has 3 aromatic rings. The van der Waals surface area contributed by atoms with E-state index in [4.69, 9.17) is 0 Å². The minimum Gasteiger partial charge on any atom is -0.336 e. The highest BCUT2D eigenvalue weighted by Gasteiger charge is 2.16. The first-order valence-electron chi connectivity index (χ1n) is 6.89. The van der Waals surface area contributed by atoms with Crippen LogP contribution in [-0.4, -0.2) is 27.8 Å². The third kappa shape index (κ3) is 3.20. The molecule has 0 saturated heterocycles. The quantitative estimate of drug-likeness (QED) is 0.741. The maximum atomic E-state index is 12.5. The molecule has 22 heavy (non-hydrogen) atoms. The van der Waals surface area contributed by atoms with Gasteiger partial charge in [0.1, 0.15) is 10.7 Å². The van der Waals surface area contributed by atoms with E-state index in [2.05, 4.69) is 9.97 Å². The summed E-state index contributed by atoms with van der Waals surface area (Å²) in [6, 6.07) is 13.7. The van der Waals surface area contributed by atoms with Crippen LogP contribution in [0, 0.1) is 0 Å². The number of pyridine rings is 1. The molecule has 0 aliphatic heterocycles. The maximum Gasteiger partial charge on any atom is 0.273 e. The molecule has 3 rings (SSSR count). The van der Waals surface area contributed by atoms with Gasteiger partial charge in [-0.25, -0.2) is 4.98 Å². The van der Waals surface area contributed by atoms with Crippen LogP contribution in [0.5, 0.6) is 0 Å². The van der Waals surface area contributed by atoms with Gasteiger partial charge in [-0.1, -0.05) is 30.3 Å². The topological polar surface area (TPSA) is 46.1 Å². The van der Waals surface area contributed by atoms with Gasteiger partial charge in [-0.3, -0.25) is 9.78 Å². The number of hydrogen-bond acceptors (Lipinski definition) is 4. The van der Waals surface area contributed by atoms with Crippen LogP contribution in [0.3, 0.4) is 0 Å². The summed E-state index contributed by atoms with van der Waals surface area (Å²) in [5, 5.41) is 2.64. The number of nitrogens with zero attached hydrogens (tertiary/aromatic N) is 3. The van der Waals surface area contributed by atoms with Crippen LogP contribution in [-0.2, 0) is 6.54 Å². The third-order valence-corrected chi connectivity index (χ3v) is 4.15. The van der Waals surface area contributed by atoms with Crippen molar-refractivity contribution in [3.63, 3.8) is 0 Å². The van der Waals surface area contributed by atoms with Gasteiger partial charge in [0.15, 0.2) is 0 Å². The predicted octanol–water partition coefficient (Wildman–Crippen LogP) is 3.48. The highest BCUT2D eigenvalue weighted by atomic mass is 32.1. The Bertz CT molecular complexity index is 756. The number of carbonyl (C=O) groups is 1. The summed E-state index contributed by atoms with van der Waals surface area (Å²) in [6.07, 6.45) is 3.44. The molecule has 0 radical (unpaired) electrons. The van der Waals surface area contributed by atoms with Crippen molar-refractivity contribution in [1.29, 1.82) is 0 Å². The molecule has 0 fully saturated rings. The largest absolute Gasteiger partial charge is 0.336 e. The number of carbonyl (C=O) groups excluding carboxylic acids is 1. The highest BCUT2D eigenvalue weighted by Crippen LogP contribution is 2.23. The van der Waals surface area contributed by atoms with Crippen LogP contribution < -0.4 is 0 Å². The fraction of sp³-hybridized carbons (Fsp3) is 0.118. The lowest BCUT2D eigenvalue weighted by atomic mass is 10.2. The lowest BCUT2D eigenvalue weighted by molar-refractivity contribution is 0.0780. The smallest absolute Gasteiger partial charge is 0.273 e. The summed E-state index contributed by atoms with van der Waals surface area (Å²) >= 11 is 1.47. The molecule has 1 amide bonds. The summed E-state index contributed by atoms with van der Waals surface area (Å²) in [5.41, 5.74) is 2.56. The average molecular weight is 309 g/mol. The average Bonchev–Trinajstić information content (AvgIpc) is 3.06. The normalized spacial score (nSPS) is 10.4. The van der Waals surface area contributed by atoms with E-state index in [1.807, 2.05) is 42.5 Å². The summed E-state index contributed by atoms with van der Waals surface area (Å²) in [5.74, 6) is -0.0691. The van der Waals surface area contributed by atoms with Gasteiger partial charge in [-0.05, 0) is 17.7 Å². The van der Waals surface area contributed by atoms with Crippen LogP contribution >= 0.6 is 11.3 Å². The van der Waals surface area contributed by atoms with Crippen molar-refractivity contribution >= 4 is 17.2 Å². The molecule has 0 N–H and O–H groups in total. The molecule has 1 aromatic carbocycles. The highest BCUT2D eigenvalue weighted by molar-refractivity contribution is 7.13. The fourth-order valence-corrected chi connectivity index (χ4v) is 2.92. The number of thiazole rings is 1. The predicted molar refractivity (Wildman–Crippen MR) is 87.6 cm³/mol. The van der Waals surface area contributed by atoms with E-state index >= 15 is 0 Å². The van der Waals surface area contributed by atoms with Crippen LogP contribution in [0.25, 0.3) is 10.6 Å². The van der Waals surface area contributed by atoms with E-state index in [0.29, 0.717) is 12.2 Å². The molecule has 0 spiro atoms. The number of benzene rings is 1. The Kier molecular flexibility index (Phi) is 4.25. The van der Waals surface area contributed by atoms with Crippen molar-refractivity contribution in [2.45, 2.75) is 6.54 Å². The minimum absolute atomic E-state index is 0.0691. The molecule has 0 atom stereocenters. The molecule has 0 bridgehead atoms. The lowest BCUT2D eigenvalue weighted by Gasteiger charge is -2.15. The van der Waals surface area contributed by atoms with E-state index in [-0.39, 0.29) is 5.91 Å². The molecule has 2 aromatic heterocycles. The number of hydrogen-bond donors (Lipinski definition) is 0. The molecule has 0 aliphatic rings. The first kappa shape index (κ1) is 14.4. The molecular weight excluding hydrogens is 294 g/mol. The molecule has 0 saturated carbocycles. The Morgan fingerprint density at radius 2 is 1.86 bits per heavy atom. The number of rotatable bonds is 4. The Hall–Kier alpha value is -2.53. The van der Waals surface area contributed by atoms with Crippen LogP contribution in [0.2, 0.25) is 0 Å². The van der Waals surface area contributed by atoms with E-state index in [1.165, 1.54) is 11.3 Å². The summed E-state index contributed by atoms with van der Waals surface area (Å²) in [6.45, 7) is 0.571. The van der Waals surface area contributed by atoms with Crippen molar-refractivity contribution < 1.29 is 4.79 Å². The van der Waals surface area contributed by atoms with Gasteiger partial charge >= 0.3 is 0 Å². The minimum atomic E-state index is -0.0691. The third-order valence-electron chi connectivity index (χ3n) is 3.26. The Balaban J connectivity index is 1.74. The van der Waals surface area contributed by atoms with Gasteiger partial charge in [-0.15, -0.1) is 11.3 Å². The first-order valence-corrected chi connectivity index (χ1v) is 7.77. The maximum absolute atomic E-state index is 12.5. The van der Waals surface area contributed by atoms with E-state index in [9.17, 15) is 4.79 Å². The van der Waals surface area contributed by atoms with Crippen molar-refractivity contribution in [2.24, 2.45) is 0 Å². The van der Waals surface area contributed by atoms with Crippen LogP contribution in [0.1, 0.15) is 16.1 Å². The second-order valence-electron chi connectivity index (χ2n) is 4.92. The van der Waals surface area contributed by atoms with Crippen molar-refractivity contribution in [2.75, 3.05) is 7.05 Å². The first-order chi connectivity index (χ1) is 10.7. The van der Waals surface area contributed by atoms with E-state index in [1.54, 1.807) is 29.7 Å². The number of aromatic nitrogens is 2. The fourth-order valence-electron chi connectivity index (χ4n) is 2.12. The van der Waals surface area contributed by atoms with E-state index < -0.39 is 0 Å². The zero-order valence-electron chi connectivity index (χ0n) is 12.1. The van der Waals surface area contributed by atoms with Gasteiger partial charge in [0, 0.05) is 36.9 Å². The van der Waals surface area contributed by atoms with Crippen LogP contribution in [0.4, 0.5) is 0 Å². The number of amides is 1. The van der Waals surface area contributed by atoms with Crippen LogP contribution in [0.15, 0.2) is 60.2 Å². The Labute approximate surface area is 133 Å². The second kappa shape index (κ2) is 6.49. The zero-order chi connectivity index (χ0) is 15.4.